The van der Waals surface area contributed by atoms with E-state index in [0.717, 1.165) is 43.2 Å². The van der Waals surface area contributed by atoms with Gasteiger partial charge in [-0.05, 0) is 74.2 Å². The van der Waals surface area contributed by atoms with Gasteiger partial charge in [0.05, 0.1) is 18.8 Å². The molecule has 0 radical (unpaired) electrons. The van der Waals surface area contributed by atoms with Crippen molar-refractivity contribution >= 4 is 0 Å². The van der Waals surface area contributed by atoms with Gasteiger partial charge in [-0.3, -0.25) is 4.90 Å². The van der Waals surface area contributed by atoms with Gasteiger partial charge in [-0.1, -0.05) is 6.07 Å². The normalized spacial score (nSPS) is 41.0. The fourth-order valence-corrected chi connectivity index (χ4v) is 6.32. The van der Waals surface area contributed by atoms with Crippen LogP contribution in [0.3, 0.4) is 0 Å². The average molecular weight is 373 g/mol. The first-order valence-corrected chi connectivity index (χ1v) is 10.4. The van der Waals surface area contributed by atoms with Crippen LogP contribution in [0.1, 0.15) is 43.2 Å². The molecule has 5 nitrogen and oxygen atoms in total. The molecule has 4 aliphatic rings. The van der Waals surface area contributed by atoms with E-state index in [-0.39, 0.29) is 18.6 Å². The molecule has 0 unspecified atom stereocenters. The number of fused-ring (bicyclic) bond motifs is 1. The zero-order valence-electron chi connectivity index (χ0n) is 16.1. The largest absolute Gasteiger partial charge is 0.497 e. The van der Waals surface area contributed by atoms with Gasteiger partial charge in [-0.25, -0.2) is 0 Å². The Kier molecular flexibility index (Phi) is 4.10. The maximum atomic E-state index is 12.2. The molecule has 1 aliphatic heterocycles. The van der Waals surface area contributed by atoms with E-state index in [4.69, 9.17) is 4.74 Å². The van der Waals surface area contributed by atoms with Crippen LogP contribution < -0.4 is 4.74 Å². The first kappa shape index (κ1) is 17.9. The summed E-state index contributed by atoms with van der Waals surface area (Å²) < 4.78 is 5.48. The maximum Gasteiger partial charge on any atom is 0.119 e. The van der Waals surface area contributed by atoms with Gasteiger partial charge in [-0.15, -0.1) is 0 Å². The summed E-state index contributed by atoms with van der Waals surface area (Å²) in [6.07, 6.45) is 4.69. The summed E-state index contributed by atoms with van der Waals surface area (Å²) in [6.45, 7) is 1.97. The Morgan fingerprint density at radius 2 is 2.07 bits per heavy atom. The highest BCUT2D eigenvalue weighted by Gasteiger charge is 2.66. The van der Waals surface area contributed by atoms with Crippen molar-refractivity contribution in [2.45, 2.75) is 61.7 Å². The van der Waals surface area contributed by atoms with E-state index in [0.29, 0.717) is 12.8 Å². The van der Waals surface area contributed by atoms with Gasteiger partial charge in [0.15, 0.2) is 0 Å². The fraction of sp³-hybridized carbons (Fsp3) is 0.727. The second-order valence-corrected chi connectivity index (χ2v) is 9.36. The van der Waals surface area contributed by atoms with E-state index in [1.165, 1.54) is 18.4 Å². The van der Waals surface area contributed by atoms with Crippen LogP contribution in [-0.4, -0.2) is 64.8 Å². The highest BCUT2D eigenvalue weighted by Crippen LogP contribution is 2.59. The molecule has 148 valence electrons. The third kappa shape index (κ3) is 2.52. The van der Waals surface area contributed by atoms with Crippen molar-refractivity contribution in [2.75, 3.05) is 26.8 Å². The van der Waals surface area contributed by atoms with Crippen LogP contribution in [0.2, 0.25) is 0 Å². The molecule has 5 rings (SSSR count). The summed E-state index contributed by atoms with van der Waals surface area (Å²) in [6, 6.07) is 6.30. The van der Waals surface area contributed by atoms with Crippen molar-refractivity contribution in [3.8, 4) is 5.75 Å². The number of aliphatic hydroxyl groups is 3. The topological polar surface area (TPSA) is 73.2 Å². The molecule has 27 heavy (non-hydrogen) atoms. The SMILES string of the molecule is COc1ccc2c(c1)[C@]13CCN(CC4CC4)[C@H](C2)[C@]1(O)C[C@H](CO)[C@H](O)C3. The van der Waals surface area contributed by atoms with Gasteiger partial charge >= 0.3 is 0 Å². The second-order valence-electron chi connectivity index (χ2n) is 9.36. The van der Waals surface area contributed by atoms with Crippen LogP contribution in [0.15, 0.2) is 18.2 Å². The number of likely N-dealkylation sites (tertiary alicyclic amines) is 1. The van der Waals surface area contributed by atoms with Crippen LogP contribution in [0.5, 0.6) is 5.75 Å². The maximum absolute atomic E-state index is 12.2. The van der Waals surface area contributed by atoms with E-state index in [2.05, 4.69) is 17.0 Å². The molecule has 2 saturated carbocycles. The van der Waals surface area contributed by atoms with Gasteiger partial charge in [0.25, 0.3) is 0 Å². The predicted molar refractivity (Wildman–Crippen MR) is 102 cm³/mol. The zero-order chi connectivity index (χ0) is 18.8. The number of hydrogen-bond acceptors (Lipinski definition) is 5. The number of aliphatic hydroxyl groups excluding tert-OH is 2. The summed E-state index contributed by atoms with van der Waals surface area (Å²) in [4.78, 5) is 2.51. The Morgan fingerprint density at radius 1 is 1.26 bits per heavy atom. The van der Waals surface area contributed by atoms with Crippen molar-refractivity contribution in [3.05, 3.63) is 29.3 Å². The Hall–Kier alpha value is -1.14. The first-order valence-electron chi connectivity index (χ1n) is 10.4. The minimum Gasteiger partial charge on any atom is -0.497 e. The van der Waals surface area contributed by atoms with Crippen LogP contribution in [-0.2, 0) is 11.8 Å². The molecule has 1 aromatic carbocycles. The van der Waals surface area contributed by atoms with Crippen molar-refractivity contribution in [1.29, 1.82) is 0 Å². The number of rotatable bonds is 4. The lowest BCUT2D eigenvalue weighted by atomic mass is 9.47. The fourth-order valence-electron chi connectivity index (χ4n) is 6.32. The van der Waals surface area contributed by atoms with Crippen LogP contribution >= 0.6 is 0 Å². The Morgan fingerprint density at radius 3 is 2.78 bits per heavy atom. The van der Waals surface area contributed by atoms with Crippen molar-refractivity contribution in [2.24, 2.45) is 11.8 Å². The van der Waals surface area contributed by atoms with E-state index in [9.17, 15) is 15.3 Å². The Balaban J connectivity index is 1.63. The van der Waals surface area contributed by atoms with Crippen LogP contribution in [0, 0.1) is 11.8 Å². The smallest absolute Gasteiger partial charge is 0.119 e. The molecule has 2 bridgehead atoms. The molecule has 3 fully saturated rings. The lowest BCUT2D eigenvalue weighted by molar-refractivity contribution is -0.201. The van der Waals surface area contributed by atoms with Gasteiger partial charge in [0.2, 0.25) is 0 Å². The highest BCUT2D eigenvalue weighted by atomic mass is 16.5. The molecule has 3 N–H and O–H groups in total. The molecule has 3 aliphatic carbocycles. The average Bonchev–Trinajstić information content (AvgIpc) is 3.48. The predicted octanol–water partition coefficient (Wildman–Crippen LogP) is 1.47. The monoisotopic (exact) mass is 373 g/mol. The number of piperidine rings is 1. The first-order chi connectivity index (χ1) is 13.0. The molecule has 1 aromatic rings. The van der Waals surface area contributed by atoms with Gasteiger partial charge < -0.3 is 20.1 Å². The molecule has 5 heteroatoms. The second kappa shape index (κ2) is 6.18. The van der Waals surface area contributed by atoms with Crippen molar-refractivity contribution < 1.29 is 20.1 Å². The van der Waals surface area contributed by atoms with Crippen LogP contribution in [0.25, 0.3) is 0 Å². The molecule has 1 saturated heterocycles. The van der Waals surface area contributed by atoms with E-state index in [1.807, 2.05) is 6.07 Å². The highest BCUT2D eigenvalue weighted by molar-refractivity contribution is 5.48. The quantitative estimate of drug-likeness (QED) is 0.745. The summed E-state index contributed by atoms with van der Waals surface area (Å²) in [5.41, 5.74) is 1.07. The lowest BCUT2D eigenvalue weighted by Crippen LogP contribution is -2.75. The van der Waals surface area contributed by atoms with Gasteiger partial charge in [0, 0.05) is 30.5 Å². The zero-order valence-corrected chi connectivity index (χ0v) is 16.1. The van der Waals surface area contributed by atoms with E-state index in [1.54, 1.807) is 7.11 Å². The van der Waals surface area contributed by atoms with Gasteiger partial charge in [-0.2, -0.15) is 0 Å². The number of hydrogen-bond donors (Lipinski definition) is 3. The number of benzene rings is 1. The minimum atomic E-state index is -0.911. The molecular formula is C22H31NO4. The molecular weight excluding hydrogens is 342 g/mol. The minimum absolute atomic E-state index is 0.0642. The summed E-state index contributed by atoms with van der Waals surface area (Å²) >= 11 is 0. The van der Waals surface area contributed by atoms with E-state index < -0.39 is 17.1 Å². The third-order valence-corrected chi connectivity index (χ3v) is 7.99. The number of ether oxygens (including phenoxy) is 1. The summed E-state index contributed by atoms with van der Waals surface area (Å²) in [7, 11) is 1.67. The third-order valence-electron chi connectivity index (χ3n) is 7.99. The molecule has 5 atom stereocenters. The molecule has 0 spiro atoms. The Bertz CT molecular complexity index is 735. The number of methoxy groups -OCH3 is 1. The van der Waals surface area contributed by atoms with Gasteiger partial charge in [0.1, 0.15) is 5.75 Å². The van der Waals surface area contributed by atoms with E-state index >= 15 is 0 Å². The van der Waals surface area contributed by atoms with Crippen molar-refractivity contribution in [1.82, 2.24) is 4.90 Å². The van der Waals surface area contributed by atoms with Crippen molar-refractivity contribution in [3.63, 3.8) is 0 Å². The molecule has 1 heterocycles. The number of nitrogens with zero attached hydrogens (tertiary/aromatic N) is 1. The standard InChI is InChI=1S/C22H31NO4/c1-27-17-5-4-15-8-20-22(26)10-16(13-24)19(25)11-21(22,18(15)9-17)6-7-23(20)12-14-2-3-14/h4-5,9,14,16,19-20,24-26H,2-3,6-8,10-13H2,1H3/t16-,19-,20-,21-,22-/m1/s1. The Labute approximate surface area is 161 Å². The molecule has 0 aromatic heterocycles. The molecule has 0 amide bonds. The summed E-state index contributed by atoms with van der Waals surface area (Å²) in [5, 5.41) is 32.8. The van der Waals surface area contributed by atoms with Crippen LogP contribution in [0.4, 0.5) is 0 Å². The summed E-state index contributed by atoms with van der Waals surface area (Å²) in [5.74, 6) is 1.34. The lowest BCUT2D eigenvalue weighted by Gasteiger charge is -2.65.